The van der Waals surface area contributed by atoms with Gasteiger partial charge in [0.2, 0.25) is 0 Å². The van der Waals surface area contributed by atoms with E-state index < -0.39 is 0 Å². The zero-order valence-electron chi connectivity index (χ0n) is 19.9. The number of aromatic hydroxyl groups is 1. The number of phenolic OH excluding ortho intramolecular Hbond substituents is 1. The van der Waals surface area contributed by atoms with Crippen LogP contribution in [0.4, 0.5) is 5.69 Å². The topological polar surface area (TPSA) is 107 Å². The third-order valence-corrected chi connectivity index (χ3v) is 6.44. The molecule has 3 heterocycles. The van der Waals surface area contributed by atoms with Gasteiger partial charge >= 0.3 is 0 Å². The maximum atomic E-state index is 13.3. The van der Waals surface area contributed by atoms with Crippen LogP contribution in [0.1, 0.15) is 29.4 Å². The van der Waals surface area contributed by atoms with Crippen molar-refractivity contribution in [2.45, 2.75) is 19.8 Å². The Morgan fingerprint density at radius 3 is 2.54 bits per heavy atom. The Kier molecular flexibility index (Phi) is 5.98. The van der Waals surface area contributed by atoms with Crippen LogP contribution >= 0.6 is 0 Å². The van der Waals surface area contributed by atoms with E-state index in [9.17, 15) is 14.7 Å². The highest BCUT2D eigenvalue weighted by molar-refractivity contribution is 5.96. The fraction of sp³-hybridized carbons (Fsp3) is 0.308. The number of hydrogen-bond donors (Lipinski definition) is 2. The van der Waals surface area contributed by atoms with Gasteiger partial charge in [-0.1, -0.05) is 31.5 Å². The van der Waals surface area contributed by atoms with E-state index in [2.05, 4.69) is 32.1 Å². The number of H-pyrrole nitrogens is 1. The maximum Gasteiger partial charge on any atom is 0.277 e. The quantitative estimate of drug-likeness (QED) is 0.463. The van der Waals surface area contributed by atoms with E-state index in [1.165, 1.54) is 10.7 Å². The molecule has 2 aromatic heterocycles. The lowest BCUT2D eigenvalue weighted by Crippen LogP contribution is -2.48. The number of rotatable bonds is 5. The number of anilines is 1. The summed E-state index contributed by atoms with van der Waals surface area (Å²) in [6.07, 6.45) is 1.55. The Morgan fingerprint density at radius 2 is 1.83 bits per heavy atom. The Bertz CT molecular complexity index is 1430. The van der Waals surface area contributed by atoms with E-state index in [1.54, 1.807) is 19.2 Å². The molecule has 5 rings (SSSR count). The van der Waals surface area contributed by atoms with Crippen molar-refractivity contribution >= 4 is 22.6 Å². The van der Waals surface area contributed by atoms with Crippen molar-refractivity contribution in [3.63, 3.8) is 0 Å². The third-order valence-electron chi connectivity index (χ3n) is 6.44. The first-order chi connectivity index (χ1) is 17.0. The van der Waals surface area contributed by atoms with Gasteiger partial charge in [0.25, 0.3) is 11.5 Å². The fourth-order valence-corrected chi connectivity index (χ4v) is 4.63. The molecule has 0 unspecified atom stereocenters. The molecule has 0 spiro atoms. The van der Waals surface area contributed by atoms with Gasteiger partial charge in [0, 0.05) is 44.5 Å². The second-order valence-electron chi connectivity index (χ2n) is 8.78. The SMILES string of the molecule is CCCc1nn(C)c2c(=O)[nH]c(-c3cc(C(=O)N4CCN(c5ccccc5)CC4)ccc3O)nc12. The molecular formula is C26H28N6O3. The lowest BCUT2D eigenvalue weighted by Gasteiger charge is -2.36. The summed E-state index contributed by atoms with van der Waals surface area (Å²) in [6, 6.07) is 14.8. The number of piperazine rings is 1. The lowest BCUT2D eigenvalue weighted by atomic mass is 10.1. The standard InChI is InChI=1S/C26H28N6O3/c1-3-7-20-22-23(30(2)29-20)25(34)28-24(27-22)19-16-17(10-11-21(19)33)26(35)32-14-12-31(13-15-32)18-8-5-4-6-9-18/h4-6,8-11,16,33H,3,7,12-15H2,1-2H3,(H,27,28,34). The minimum atomic E-state index is -0.337. The second kappa shape index (κ2) is 9.25. The maximum absolute atomic E-state index is 13.3. The number of aromatic nitrogens is 4. The highest BCUT2D eigenvalue weighted by Crippen LogP contribution is 2.29. The van der Waals surface area contributed by atoms with Crippen molar-refractivity contribution in [3.05, 3.63) is 70.1 Å². The summed E-state index contributed by atoms with van der Waals surface area (Å²) in [5.41, 5.74) is 3.20. The van der Waals surface area contributed by atoms with Crippen LogP contribution in [-0.4, -0.2) is 61.8 Å². The Labute approximate surface area is 202 Å². The van der Waals surface area contributed by atoms with Crippen molar-refractivity contribution in [1.29, 1.82) is 0 Å². The van der Waals surface area contributed by atoms with Crippen molar-refractivity contribution in [1.82, 2.24) is 24.6 Å². The summed E-state index contributed by atoms with van der Waals surface area (Å²) in [6.45, 7) is 4.72. The van der Waals surface area contributed by atoms with E-state index in [1.807, 2.05) is 30.0 Å². The van der Waals surface area contributed by atoms with Gasteiger partial charge in [-0.15, -0.1) is 0 Å². The average Bonchev–Trinajstić information content (AvgIpc) is 3.20. The number of para-hydroxylation sites is 1. The fourth-order valence-electron chi connectivity index (χ4n) is 4.63. The number of aromatic amines is 1. The second-order valence-corrected chi connectivity index (χ2v) is 8.78. The van der Waals surface area contributed by atoms with Gasteiger partial charge in [-0.05, 0) is 36.8 Å². The van der Waals surface area contributed by atoms with Crippen LogP contribution in [0.3, 0.4) is 0 Å². The predicted molar refractivity (Wildman–Crippen MR) is 135 cm³/mol. The van der Waals surface area contributed by atoms with Gasteiger partial charge in [0.15, 0.2) is 5.52 Å². The third kappa shape index (κ3) is 4.25. The van der Waals surface area contributed by atoms with E-state index in [4.69, 9.17) is 0 Å². The van der Waals surface area contributed by atoms with Crippen LogP contribution in [0.25, 0.3) is 22.4 Å². The van der Waals surface area contributed by atoms with Gasteiger partial charge in [0.05, 0.1) is 11.3 Å². The molecule has 1 saturated heterocycles. The molecule has 1 aliphatic heterocycles. The van der Waals surface area contributed by atoms with Crippen molar-refractivity contribution in [2.75, 3.05) is 31.1 Å². The van der Waals surface area contributed by atoms with Crippen molar-refractivity contribution in [2.24, 2.45) is 7.05 Å². The smallest absolute Gasteiger partial charge is 0.277 e. The Morgan fingerprint density at radius 1 is 1.09 bits per heavy atom. The van der Waals surface area contributed by atoms with Crippen LogP contribution in [0.2, 0.25) is 0 Å². The number of nitrogens with one attached hydrogen (secondary N) is 1. The minimum Gasteiger partial charge on any atom is -0.507 e. The molecule has 0 atom stereocenters. The molecule has 9 nitrogen and oxygen atoms in total. The van der Waals surface area contributed by atoms with E-state index in [0.717, 1.165) is 30.9 Å². The molecule has 0 saturated carbocycles. The highest BCUT2D eigenvalue weighted by atomic mass is 16.3. The zero-order chi connectivity index (χ0) is 24.5. The van der Waals surface area contributed by atoms with Crippen LogP contribution < -0.4 is 10.5 Å². The van der Waals surface area contributed by atoms with Gasteiger partial charge in [0.1, 0.15) is 17.1 Å². The largest absolute Gasteiger partial charge is 0.507 e. The number of carbonyl (C=O) groups is 1. The van der Waals surface area contributed by atoms with Gasteiger partial charge < -0.3 is 19.9 Å². The van der Waals surface area contributed by atoms with Crippen LogP contribution in [0.5, 0.6) is 5.75 Å². The van der Waals surface area contributed by atoms with Crippen LogP contribution in [0, 0.1) is 0 Å². The number of amides is 1. The molecule has 9 heteroatoms. The molecule has 35 heavy (non-hydrogen) atoms. The first-order valence-electron chi connectivity index (χ1n) is 11.8. The van der Waals surface area contributed by atoms with Gasteiger partial charge in [-0.2, -0.15) is 5.10 Å². The molecule has 1 fully saturated rings. The number of phenols is 1. The van der Waals surface area contributed by atoms with Gasteiger partial charge in [-0.25, -0.2) is 4.98 Å². The molecule has 0 bridgehead atoms. The van der Waals surface area contributed by atoms with E-state index in [-0.39, 0.29) is 23.0 Å². The van der Waals surface area contributed by atoms with Crippen molar-refractivity contribution in [3.8, 4) is 17.1 Å². The molecule has 1 amide bonds. The molecular weight excluding hydrogens is 444 g/mol. The number of nitrogens with zero attached hydrogens (tertiary/aromatic N) is 5. The monoisotopic (exact) mass is 472 g/mol. The summed E-state index contributed by atoms with van der Waals surface area (Å²) in [5, 5.41) is 15.0. The molecule has 0 radical (unpaired) electrons. The molecule has 2 N–H and O–H groups in total. The molecule has 180 valence electrons. The van der Waals surface area contributed by atoms with Crippen LogP contribution in [-0.2, 0) is 13.5 Å². The molecule has 1 aliphatic rings. The lowest BCUT2D eigenvalue weighted by molar-refractivity contribution is 0.0747. The molecule has 4 aromatic rings. The summed E-state index contributed by atoms with van der Waals surface area (Å²) >= 11 is 0. The van der Waals surface area contributed by atoms with E-state index >= 15 is 0 Å². The average molecular weight is 473 g/mol. The number of fused-ring (bicyclic) bond motifs is 1. The zero-order valence-corrected chi connectivity index (χ0v) is 19.9. The molecule has 2 aromatic carbocycles. The predicted octanol–water partition coefficient (Wildman–Crippen LogP) is 2.94. The summed E-state index contributed by atoms with van der Waals surface area (Å²) in [5.74, 6) is 0.0446. The Hall–Kier alpha value is -4.14. The summed E-state index contributed by atoms with van der Waals surface area (Å²) < 4.78 is 1.53. The number of benzene rings is 2. The minimum absolute atomic E-state index is 0.0566. The summed E-state index contributed by atoms with van der Waals surface area (Å²) in [4.78, 5) is 37.6. The number of aryl methyl sites for hydroxylation is 2. The Balaban J connectivity index is 1.42. The first-order valence-corrected chi connectivity index (χ1v) is 11.8. The first kappa shape index (κ1) is 22.6. The highest BCUT2D eigenvalue weighted by Gasteiger charge is 2.24. The number of carbonyl (C=O) groups excluding carboxylic acids is 1. The summed E-state index contributed by atoms with van der Waals surface area (Å²) in [7, 11) is 1.71. The van der Waals surface area contributed by atoms with Gasteiger partial charge in [-0.3, -0.25) is 14.3 Å². The van der Waals surface area contributed by atoms with Crippen LogP contribution in [0.15, 0.2) is 53.3 Å². The molecule has 0 aliphatic carbocycles. The van der Waals surface area contributed by atoms with Crippen molar-refractivity contribution < 1.29 is 9.90 Å². The van der Waals surface area contributed by atoms with E-state index in [0.29, 0.717) is 41.7 Å². The normalized spacial score (nSPS) is 14.0. The number of hydrogen-bond acceptors (Lipinski definition) is 6.